The van der Waals surface area contributed by atoms with Gasteiger partial charge in [-0.05, 0) is 119 Å². The summed E-state index contributed by atoms with van der Waals surface area (Å²) in [6, 6.07) is 34.2. The molecule has 0 aliphatic carbocycles. The Morgan fingerprint density at radius 2 is 1.43 bits per heavy atom. The van der Waals surface area contributed by atoms with Crippen molar-refractivity contribution in [1.29, 1.82) is 5.41 Å². The average Bonchev–Trinajstić information content (AvgIpc) is 3.40. The van der Waals surface area contributed by atoms with Gasteiger partial charge in [-0.1, -0.05) is 129 Å². The highest BCUT2D eigenvalue weighted by Crippen LogP contribution is 2.40. The summed E-state index contributed by atoms with van der Waals surface area (Å²) in [4.78, 5) is 0. The Kier molecular flexibility index (Phi) is 11.2. The van der Waals surface area contributed by atoms with E-state index < -0.39 is 0 Å². The van der Waals surface area contributed by atoms with Crippen molar-refractivity contribution in [2.24, 2.45) is 5.73 Å². The lowest BCUT2D eigenvalue weighted by Crippen LogP contribution is -2.03. The average molecular weight is 638 g/mol. The van der Waals surface area contributed by atoms with Gasteiger partial charge in [0.05, 0.1) is 5.69 Å². The van der Waals surface area contributed by atoms with E-state index in [4.69, 9.17) is 11.1 Å². The van der Waals surface area contributed by atoms with Crippen molar-refractivity contribution in [1.82, 2.24) is 4.57 Å². The molecule has 0 atom stereocenters. The molecule has 0 radical (unpaired) electrons. The van der Waals surface area contributed by atoms with E-state index in [9.17, 15) is 0 Å². The van der Waals surface area contributed by atoms with E-state index >= 15 is 0 Å². The van der Waals surface area contributed by atoms with Crippen LogP contribution >= 0.6 is 0 Å². The highest BCUT2D eigenvalue weighted by atomic mass is 15.0. The van der Waals surface area contributed by atoms with Crippen molar-refractivity contribution in [2.75, 3.05) is 0 Å². The van der Waals surface area contributed by atoms with Crippen molar-refractivity contribution in [3.05, 3.63) is 193 Å². The summed E-state index contributed by atoms with van der Waals surface area (Å²) >= 11 is 0. The van der Waals surface area contributed by atoms with Crippen LogP contribution in [0.4, 0.5) is 0 Å². The summed E-state index contributed by atoms with van der Waals surface area (Å²) in [6.07, 6.45) is 19.1. The third-order valence-corrected chi connectivity index (χ3v) is 8.77. The molecule has 3 nitrogen and oxygen atoms in total. The Balaban J connectivity index is 1.87. The van der Waals surface area contributed by atoms with Gasteiger partial charge in [0.25, 0.3) is 0 Å². The van der Waals surface area contributed by atoms with Crippen LogP contribution in [0, 0.1) is 19.3 Å². The fraction of sp³-hybridized carbons (Fsp3) is 0.0652. The molecule has 0 amide bonds. The molecule has 49 heavy (non-hydrogen) atoms. The minimum atomic E-state index is 0.709. The molecule has 0 aliphatic rings. The molecular formula is C46H43N3. The van der Waals surface area contributed by atoms with E-state index in [-0.39, 0.29) is 0 Å². The zero-order chi connectivity index (χ0) is 34.8. The molecule has 0 saturated heterocycles. The lowest BCUT2D eigenvalue weighted by Gasteiger charge is -2.19. The second-order valence-corrected chi connectivity index (χ2v) is 11.8. The number of nitrogens with two attached hydrogens (primary N) is 1. The van der Waals surface area contributed by atoms with Crippen LogP contribution in [0.2, 0.25) is 0 Å². The highest BCUT2D eigenvalue weighted by molar-refractivity contribution is 6.09. The number of hydrogen-bond acceptors (Lipinski definition) is 2. The van der Waals surface area contributed by atoms with Gasteiger partial charge in [-0.2, -0.15) is 0 Å². The highest BCUT2D eigenvalue weighted by Gasteiger charge is 2.22. The van der Waals surface area contributed by atoms with Crippen molar-refractivity contribution in [2.45, 2.75) is 20.3 Å². The van der Waals surface area contributed by atoms with Gasteiger partial charge in [0, 0.05) is 23.2 Å². The number of benzene rings is 4. The van der Waals surface area contributed by atoms with Gasteiger partial charge < -0.3 is 15.7 Å². The van der Waals surface area contributed by atoms with Crippen LogP contribution in [0.25, 0.3) is 56.9 Å². The van der Waals surface area contributed by atoms with Crippen molar-refractivity contribution in [3.63, 3.8) is 0 Å². The molecule has 0 unspecified atom stereocenters. The van der Waals surface area contributed by atoms with Crippen molar-refractivity contribution in [3.8, 4) is 39.2 Å². The SMILES string of the molecule is C=C/C=C(\C=N)c1ccc(-c2c(C)c(C)c(/C=C(\C=C)C/C=C\C=C/N)n2-c2cc(-c3ccccc3)cc(-c3ccccc3)c2)c(C=C)c1. The van der Waals surface area contributed by atoms with Gasteiger partial charge in [-0.15, -0.1) is 0 Å². The van der Waals surface area contributed by atoms with Crippen LogP contribution in [-0.4, -0.2) is 10.8 Å². The molecule has 0 saturated carbocycles. The monoisotopic (exact) mass is 637 g/mol. The molecule has 0 aliphatic heterocycles. The number of nitrogens with zero attached hydrogens (tertiary/aromatic N) is 1. The predicted molar refractivity (Wildman–Crippen MR) is 214 cm³/mol. The van der Waals surface area contributed by atoms with E-state index in [2.05, 4.69) is 135 Å². The Labute approximate surface area is 291 Å². The van der Waals surface area contributed by atoms with Crippen LogP contribution < -0.4 is 5.73 Å². The number of hydrogen-bond donors (Lipinski definition) is 2. The number of rotatable bonds is 13. The third-order valence-electron chi connectivity index (χ3n) is 8.77. The molecule has 0 spiro atoms. The largest absolute Gasteiger partial charge is 0.405 e. The smallest absolute Gasteiger partial charge is 0.0572 e. The first-order valence-electron chi connectivity index (χ1n) is 16.4. The lowest BCUT2D eigenvalue weighted by molar-refractivity contribution is 1.06. The van der Waals surface area contributed by atoms with Gasteiger partial charge in [0.15, 0.2) is 0 Å². The minimum Gasteiger partial charge on any atom is -0.405 e. The van der Waals surface area contributed by atoms with Crippen LogP contribution in [0.3, 0.4) is 0 Å². The second kappa shape index (κ2) is 16.1. The molecule has 5 rings (SSSR count). The molecule has 1 aromatic heterocycles. The van der Waals surface area contributed by atoms with Crippen LogP contribution in [0.15, 0.2) is 165 Å². The maximum atomic E-state index is 7.99. The van der Waals surface area contributed by atoms with Crippen LogP contribution in [0.1, 0.15) is 34.4 Å². The first kappa shape index (κ1) is 34.2. The molecule has 1 heterocycles. The lowest BCUT2D eigenvalue weighted by atomic mass is 9.95. The van der Waals surface area contributed by atoms with Crippen LogP contribution in [0.5, 0.6) is 0 Å². The normalized spacial score (nSPS) is 12.0. The van der Waals surface area contributed by atoms with Gasteiger partial charge in [-0.25, -0.2) is 0 Å². The minimum absolute atomic E-state index is 0.709. The molecule has 3 N–H and O–H groups in total. The van der Waals surface area contributed by atoms with E-state index in [0.717, 1.165) is 67.2 Å². The molecule has 4 aromatic carbocycles. The van der Waals surface area contributed by atoms with Crippen LogP contribution in [-0.2, 0) is 0 Å². The number of aromatic nitrogens is 1. The predicted octanol–water partition coefficient (Wildman–Crippen LogP) is 11.9. The topological polar surface area (TPSA) is 54.8 Å². The van der Waals surface area contributed by atoms with Gasteiger partial charge in [-0.3, -0.25) is 0 Å². The number of nitrogens with one attached hydrogen (secondary N) is 1. The van der Waals surface area contributed by atoms with E-state index in [1.165, 1.54) is 23.5 Å². The maximum Gasteiger partial charge on any atom is 0.0572 e. The summed E-state index contributed by atoms with van der Waals surface area (Å²) < 4.78 is 2.38. The van der Waals surface area contributed by atoms with Crippen molar-refractivity contribution < 1.29 is 0 Å². The fourth-order valence-corrected chi connectivity index (χ4v) is 6.13. The summed E-state index contributed by atoms with van der Waals surface area (Å²) in [5, 5.41) is 7.99. The molecule has 3 heteroatoms. The summed E-state index contributed by atoms with van der Waals surface area (Å²) in [5.74, 6) is 0. The molecule has 0 bridgehead atoms. The fourth-order valence-electron chi connectivity index (χ4n) is 6.13. The Hall–Kier alpha value is -6.19. The first-order valence-corrected chi connectivity index (χ1v) is 16.4. The second-order valence-electron chi connectivity index (χ2n) is 11.8. The molecule has 5 aromatic rings. The zero-order valence-electron chi connectivity index (χ0n) is 28.4. The van der Waals surface area contributed by atoms with E-state index in [0.29, 0.717) is 6.42 Å². The first-order chi connectivity index (χ1) is 23.9. The Bertz CT molecular complexity index is 2060. The van der Waals surface area contributed by atoms with Gasteiger partial charge in [0.2, 0.25) is 0 Å². The molecule has 242 valence electrons. The Morgan fingerprint density at radius 3 is 1.98 bits per heavy atom. The summed E-state index contributed by atoms with van der Waals surface area (Å²) in [6.45, 7) is 16.6. The quantitative estimate of drug-likeness (QED) is 0.0979. The Morgan fingerprint density at radius 1 is 0.776 bits per heavy atom. The summed E-state index contributed by atoms with van der Waals surface area (Å²) in [5.41, 5.74) is 20.5. The van der Waals surface area contributed by atoms with E-state index in [1.807, 2.05) is 42.5 Å². The zero-order valence-corrected chi connectivity index (χ0v) is 28.4. The maximum absolute atomic E-state index is 7.99. The third kappa shape index (κ3) is 7.53. The standard InChI is InChI=1S/C46H43N3/c1-6-18-40(32-48)39-24-25-44(36(8-3)28-39)46-34(5)33(4)45(27-35(7-2)19-12-11-17-26-47)49(46)43-30-41(37-20-13-9-14-21-37)29-42(31-43)38-22-15-10-16-23-38/h6-18,20-32,48H,1-3,19,47H2,4-5H3/b12-11-,26-17-,35-27+,40-18+,48-32?. The van der Waals surface area contributed by atoms with E-state index in [1.54, 1.807) is 6.08 Å². The molecular weight excluding hydrogens is 595 g/mol. The summed E-state index contributed by atoms with van der Waals surface area (Å²) in [7, 11) is 0. The van der Waals surface area contributed by atoms with Crippen molar-refractivity contribution >= 4 is 23.9 Å². The number of allylic oxidation sites excluding steroid dienone is 8. The van der Waals surface area contributed by atoms with Gasteiger partial charge in [0.1, 0.15) is 0 Å². The van der Waals surface area contributed by atoms with Gasteiger partial charge >= 0.3 is 0 Å². The molecule has 0 fully saturated rings.